The molecule has 2 aromatic carbocycles. The van der Waals surface area contributed by atoms with Crippen molar-refractivity contribution in [3.8, 4) is 11.5 Å². The number of carboxylic acid groups (broad SMARTS) is 1. The summed E-state index contributed by atoms with van der Waals surface area (Å²) in [5.41, 5.74) is 14.6. The molecule has 47 nitrogen and oxygen atoms in total. The van der Waals surface area contributed by atoms with Crippen LogP contribution in [-0.4, -0.2) is 327 Å². The summed E-state index contributed by atoms with van der Waals surface area (Å²) < 4.78 is 78.2. The number of nitrogens with one attached hydrogen (secondary N) is 6. The molecule has 0 unspecified atom stereocenters. The molecule has 750 valence electrons. The number of Topliss-reactive ketones (excluding diaryl/α,β-unsaturated/α-hetero) is 4. The van der Waals surface area contributed by atoms with E-state index >= 15 is 0 Å². The maximum Gasteiger partial charge on any atom is 0.328 e. The van der Waals surface area contributed by atoms with Crippen molar-refractivity contribution >= 4 is 128 Å². The summed E-state index contributed by atoms with van der Waals surface area (Å²) in [6.45, 7) is 13.3. The fourth-order valence-corrected chi connectivity index (χ4v) is 13.3. The highest BCUT2D eigenvalue weighted by Crippen LogP contribution is 2.34. The second-order valence-electron chi connectivity index (χ2n) is 30.9. The predicted molar refractivity (Wildman–Crippen MR) is 487 cm³/mol. The molecule has 1 aliphatic heterocycles. The van der Waals surface area contributed by atoms with Gasteiger partial charge in [0.1, 0.15) is 45.7 Å². The summed E-state index contributed by atoms with van der Waals surface area (Å²) in [7, 11) is 1.41. The minimum Gasteiger partial charge on any atom is -0.494 e. The van der Waals surface area contributed by atoms with E-state index in [4.69, 9.17) is 83.1 Å². The van der Waals surface area contributed by atoms with E-state index in [0.717, 1.165) is 12.2 Å². The third-order valence-corrected chi connectivity index (χ3v) is 20.3. The molecule has 1 aliphatic rings. The summed E-state index contributed by atoms with van der Waals surface area (Å²) in [5, 5.41) is 33.2. The van der Waals surface area contributed by atoms with E-state index in [0.29, 0.717) is 146 Å². The zero-order chi connectivity index (χ0) is 99.4. The molecule has 11 N–H and O–H groups in total. The summed E-state index contributed by atoms with van der Waals surface area (Å²) in [6.07, 6.45) is 4.22. The smallest absolute Gasteiger partial charge is 0.328 e. The first-order chi connectivity index (χ1) is 66.0. The Kier molecular flexibility index (Phi) is 49.6. The van der Waals surface area contributed by atoms with Gasteiger partial charge in [0, 0.05) is 126 Å². The van der Waals surface area contributed by atoms with Crippen LogP contribution in [0.3, 0.4) is 0 Å². The van der Waals surface area contributed by atoms with Crippen LogP contribution in [0, 0.1) is 19.8 Å². The van der Waals surface area contributed by atoms with E-state index in [2.05, 4.69) is 47.1 Å². The van der Waals surface area contributed by atoms with Crippen molar-refractivity contribution in [2.45, 2.75) is 144 Å². The Balaban J connectivity index is 0.746. The van der Waals surface area contributed by atoms with Crippen molar-refractivity contribution in [3.05, 3.63) is 94.6 Å². The molecule has 0 saturated carbocycles. The first kappa shape index (κ1) is 111. The highest BCUT2D eigenvalue weighted by molar-refractivity contribution is 6.15. The van der Waals surface area contributed by atoms with Gasteiger partial charge in [-0.3, -0.25) is 96.8 Å². The predicted octanol–water partition coefficient (Wildman–Crippen LogP) is 1.93. The molecule has 0 aliphatic carbocycles. The van der Waals surface area contributed by atoms with Crippen molar-refractivity contribution in [1.29, 1.82) is 0 Å². The lowest BCUT2D eigenvalue weighted by atomic mass is 9.95. The van der Waals surface area contributed by atoms with Crippen LogP contribution in [0.25, 0.3) is 22.1 Å². The number of aryl methyl sites for hydroxylation is 4. The van der Waals surface area contributed by atoms with Gasteiger partial charge < -0.3 is 109 Å². The first-order valence-corrected chi connectivity index (χ1v) is 45.1. The number of amides is 10. The van der Waals surface area contributed by atoms with Gasteiger partial charge in [-0.2, -0.15) is 10.2 Å². The quantitative estimate of drug-likeness (QED) is 0.0114. The van der Waals surface area contributed by atoms with E-state index in [-0.39, 0.29) is 199 Å². The number of methoxy groups -OCH3 is 1. The number of primary amides is 2. The van der Waals surface area contributed by atoms with Crippen LogP contribution < -0.4 is 52.8 Å². The molecule has 0 saturated heterocycles. The molecule has 0 radical (unpaired) electrons. The van der Waals surface area contributed by atoms with E-state index < -0.39 is 120 Å². The Morgan fingerprint density at radius 3 is 1.40 bits per heavy atom. The molecule has 0 bridgehead atoms. The van der Waals surface area contributed by atoms with Gasteiger partial charge in [0.2, 0.25) is 47.3 Å². The Hall–Kier alpha value is -13.0. The van der Waals surface area contributed by atoms with Crippen LogP contribution in [0.1, 0.15) is 151 Å². The van der Waals surface area contributed by atoms with Crippen LogP contribution in [-0.2, 0) is 136 Å². The summed E-state index contributed by atoms with van der Waals surface area (Å²) in [4.78, 5) is 214. The number of hydrogen-bond donors (Lipinski definition) is 9. The normalized spacial score (nSPS) is 12.3. The number of carbonyl (C=O) groups excluding carboxylic acids is 15. The first-order valence-electron chi connectivity index (χ1n) is 45.1. The van der Waals surface area contributed by atoms with Crippen LogP contribution >= 0.6 is 0 Å². The van der Waals surface area contributed by atoms with Gasteiger partial charge in [-0.05, 0) is 83.9 Å². The Bertz CT molecular complexity index is 5110. The molecular formula is C90H125N17O30. The van der Waals surface area contributed by atoms with Gasteiger partial charge in [-0.1, -0.05) is 12.2 Å². The minimum absolute atomic E-state index is 0.000885. The largest absolute Gasteiger partial charge is 0.494 e. The zero-order valence-corrected chi connectivity index (χ0v) is 78.1. The molecular weight excluding hydrogens is 1800 g/mol. The molecule has 0 spiro atoms. The molecule has 10 amide bonds. The second kappa shape index (κ2) is 61.2. The number of fused-ring (bicyclic) bond motifs is 2. The van der Waals surface area contributed by atoms with E-state index in [1.54, 1.807) is 51.9 Å². The van der Waals surface area contributed by atoms with Gasteiger partial charge in [0.05, 0.1) is 194 Å². The zero-order valence-electron chi connectivity index (χ0n) is 78.1. The summed E-state index contributed by atoms with van der Waals surface area (Å²) in [6, 6.07) is 7.98. The number of imide groups is 1. The maximum absolute atomic E-state index is 14.1. The highest BCUT2D eigenvalue weighted by atomic mass is 16.6. The van der Waals surface area contributed by atoms with Gasteiger partial charge in [0.15, 0.2) is 17.3 Å². The molecule has 137 heavy (non-hydrogen) atoms. The molecule has 0 fully saturated rings. The number of anilines is 2. The van der Waals surface area contributed by atoms with Crippen LogP contribution in [0.4, 0.5) is 11.9 Å². The average molecular weight is 1930 g/mol. The number of nitrogens with two attached hydrogens (primary N) is 2. The van der Waals surface area contributed by atoms with Gasteiger partial charge in [-0.15, -0.1) is 0 Å². The van der Waals surface area contributed by atoms with Crippen molar-refractivity contribution in [2.75, 3.05) is 189 Å². The monoisotopic (exact) mass is 1920 g/mol. The molecule has 5 heterocycles. The molecule has 47 heteroatoms. The number of aliphatic carboxylic acids is 1. The number of carbonyl (C=O) groups is 16. The van der Waals surface area contributed by atoms with Crippen LogP contribution in [0.15, 0.2) is 60.7 Å². The van der Waals surface area contributed by atoms with Crippen molar-refractivity contribution in [2.24, 2.45) is 17.4 Å². The number of rotatable bonds is 75. The molecule has 6 aromatic rings. The molecule has 4 aromatic heterocycles. The van der Waals surface area contributed by atoms with Gasteiger partial charge in [-0.25, -0.2) is 14.8 Å². The molecule has 7 rings (SSSR count). The van der Waals surface area contributed by atoms with Crippen LogP contribution in [0.5, 0.6) is 11.5 Å². The van der Waals surface area contributed by atoms with Gasteiger partial charge in [0.25, 0.3) is 23.6 Å². The summed E-state index contributed by atoms with van der Waals surface area (Å²) in [5.74, 6) is -10.7. The number of ketones is 4. The van der Waals surface area contributed by atoms with E-state index in [1.807, 2.05) is 13.8 Å². The summed E-state index contributed by atoms with van der Waals surface area (Å²) >= 11 is 0. The third kappa shape index (κ3) is 40.1. The van der Waals surface area contributed by atoms with Crippen molar-refractivity contribution < 1.29 is 143 Å². The lowest BCUT2D eigenvalue weighted by Gasteiger charge is -2.18. The molecule has 2 atom stereocenters. The third-order valence-electron chi connectivity index (χ3n) is 20.3. The van der Waals surface area contributed by atoms with Crippen molar-refractivity contribution in [1.82, 2.24) is 64.8 Å². The maximum atomic E-state index is 14.1. The average Bonchev–Trinajstić information content (AvgIpc) is 1.62. The SMILES string of the molecule is CCn1nc(C)cc1C(=O)Nc1nc2cc(C(N)=O)cc(OC)c2n1C/C=C/Cn1c(NC(=O)c2cc(C)nn2CC)nc2cc(C(N)=O)cc(OCCCOC(=O)[C@H](C)NC(=O)CCOCCOCCNC(=O)CC[C@H](CC(=O)CN3C(=O)C=CC3=O)C(=O)NCC(=O)CCC(=O)NCC(=O)CCC(=O)CCCOCCOCCOCCOCCOCCOCCOCCOCCC(=O)O)c21. The number of aromatic nitrogens is 8. The van der Waals surface area contributed by atoms with Crippen LogP contribution in [0.2, 0.25) is 0 Å². The lowest BCUT2D eigenvalue weighted by molar-refractivity contribution is -0.147. The number of carboxylic acids is 1. The number of esters is 1. The fourth-order valence-electron chi connectivity index (χ4n) is 13.3. The number of imidazole rings is 2. The Labute approximate surface area is 789 Å². The minimum atomic E-state index is -1.19. The fraction of sp³-hybridized carbons (Fsp3) is 0.556. The lowest BCUT2D eigenvalue weighted by Crippen LogP contribution is -2.40. The topological polar surface area (TPSA) is 612 Å². The highest BCUT2D eigenvalue weighted by Gasteiger charge is 2.31. The number of allylic oxidation sites excluding steroid dienone is 2. The number of ether oxygens (including phenoxy) is 13. The number of benzene rings is 2. The van der Waals surface area contributed by atoms with E-state index in [9.17, 15) is 76.7 Å². The number of nitrogens with zero attached hydrogens (tertiary/aromatic N) is 9. The van der Waals surface area contributed by atoms with Gasteiger partial charge >= 0.3 is 11.9 Å². The Morgan fingerprint density at radius 1 is 0.467 bits per heavy atom. The van der Waals surface area contributed by atoms with Crippen molar-refractivity contribution in [3.63, 3.8) is 0 Å². The number of hydrogen-bond acceptors (Lipinski definition) is 33. The van der Waals surface area contributed by atoms with E-state index in [1.165, 1.54) is 43.0 Å². The second-order valence-corrected chi connectivity index (χ2v) is 30.9. The Morgan fingerprint density at radius 2 is 0.912 bits per heavy atom. The standard InChI is InChI=1S/C90H125N17O30/c1-7-106-71(49-59(3)101-106)86(122)99-89-97-69-52-63(83(91)119)54-73(125-6)81(69)103(89)25-9-10-26-104-82-70(98-90(104)100-87(123)72-50-60(4)102-107(72)8-2)53-64(84(92)120)55-74(82)136-28-12-29-137-88(124)61(5)96-77(114)22-30-127-34-36-129-32-24-93-75(112)18-14-62(51-68(111)58-105-78(115)20-21-79(105)116)85(121)95-57-67(110)17-19-76(113)94-56-66(109)16-15-65(108)13-11-27-126-33-37-130-39-41-132-43-45-134-47-48-135-46-44-133-42-40-131-38-35-128-31-23-80(117)118/h9-10,20-21,49-50,52-55,61-62H,7-8,11-19,22-48,51,56-58H2,1-6H3,(H2,91,119)(H2,92,120)(H,93,112)(H,94,113)(H,95,121)(H,96,114)(H,117,118)(H,97,99,122)(H,98,100,123)/b10-9+/t61-,62+/m0/s1.